The second-order valence-corrected chi connectivity index (χ2v) is 5.91. The molecule has 1 aliphatic rings. The molecule has 0 spiro atoms. The van der Waals surface area contributed by atoms with E-state index in [9.17, 15) is 9.59 Å². The van der Waals surface area contributed by atoms with Crippen LogP contribution in [0.2, 0.25) is 0 Å². The first-order valence-electron chi connectivity index (χ1n) is 8.37. The topological polar surface area (TPSA) is 59.1 Å². The van der Waals surface area contributed by atoms with Crippen molar-refractivity contribution < 1.29 is 19.1 Å². The van der Waals surface area contributed by atoms with Crippen LogP contribution in [0.15, 0.2) is 24.3 Å². The van der Waals surface area contributed by atoms with Gasteiger partial charge in [-0.2, -0.15) is 0 Å². The van der Waals surface area contributed by atoms with Gasteiger partial charge in [0.1, 0.15) is 6.54 Å². The molecule has 1 fully saturated rings. The number of anilines is 1. The predicted octanol–water partition coefficient (Wildman–Crippen LogP) is 1.94. The summed E-state index contributed by atoms with van der Waals surface area (Å²) in [5.41, 5.74) is 1.66. The van der Waals surface area contributed by atoms with Gasteiger partial charge in [0, 0.05) is 30.4 Å². The molecule has 0 unspecified atom stereocenters. The molecule has 1 aliphatic heterocycles. The third-order valence-electron chi connectivity index (χ3n) is 4.40. The average molecular weight is 334 g/mol. The molecule has 24 heavy (non-hydrogen) atoms. The smallest absolute Gasteiger partial charge is 0.325 e. The third kappa shape index (κ3) is 4.47. The molecule has 1 heterocycles. The minimum absolute atomic E-state index is 0.0319. The normalized spacial score (nSPS) is 15.7. The Morgan fingerprint density at radius 3 is 2.42 bits per heavy atom. The molecule has 1 aromatic rings. The Kier molecular flexibility index (Phi) is 6.61. The number of carbonyl (C=O) groups is 2. The highest BCUT2D eigenvalue weighted by molar-refractivity contribution is 5.96. The zero-order valence-electron chi connectivity index (χ0n) is 14.7. The lowest BCUT2D eigenvalue weighted by atomic mass is 10.1. The highest BCUT2D eigenvalue weighted by Gasteiger charge is 2.23. The summed E-state index contributed by atoms with van der Waals surface area (Å²) in [6.07, 6.45) is 0.772. The summed E-state index contributed by atoms with van der Waals surface area (Å²) < 4.78 is 10.1. The number of hydrogen-bond acceptors (Lipinski definition) is 5. The Morgan fingerprint density at radius 2 is 1.88 bits per heavy atom. The minimum atomic E-state index is -0.409. The summed E-state index contributed by atoms with van der Waals surface area (Å²) in [5.74, 6) is -0.558. The van der Waals surface area contributed by atoms with Crippen molar-refractivity contribution >= 4 is 17.6 Å². The summed E-state index contributed by atoms with van der Waals surface area (Å²) in [6.45, 7) is 7.05. The van der Waals surface area contributed by atoms with Crippen LogP contribution in [0, 0.1) is 0 Å². The van der Waals surface area contributed by atoms with Gasteiger partial charge in [-0.15, -0.1) is 0 Å². The molecule has 0 bridgehead atoms. The zero-order chi connectivity index (χ0) is 17.5. The summed E-state index contributed by atoms with van der Waals surface area (Å²) in [4.78, 5) is 28.2. The molecule has 0 aliphatic carbocycles. The zero-order valence-corrected chi connectivity index (χ0v) is 14.7. The van der Waals surface area contributed by atoms with Crippen LogP contribution in [-0.2, 0) is 14.3 Å². The van der Waals surface area contributed by atoms with E-state index in [1.807, 2.05) is 38.1 Å². The van der Waals surface area contributed by atoms with Gasteiger partial charge >= 0.3 is 5.97 Å². The van der Waals surface area contributed by atoms with E-state index in [1.165, 1.54) is 7.11 Å². The Balaban J connectivity index is 2.12. The van der Waals surface area contributed by atoms with E-state index in [4.69, 9.17) is 9.47 Å². The van der Waals surface area contributed by atoms with Gasteiger partial charge in [-0.1, -0.05) is 6.92 Å². The van der Waals surface area contributed by atoms with Gasteiger partial charge in [0.25, 0.3) is 5.91 Å². The number of hydrogen-bond donors (Lipinski definition) is 0. The van der Waals surface area contributed by atoms with E-state index in [1.54, 1.807) is 4.90 Å². The number of amides is 1. The molecular weight excluding hydrogens is 308 g/mol. The quantitative estimate of drug-likeness (QED) is 0.744. The fourth-order valence-electron chi connectivity index (χ4n) is 2.65. The van der Waals surface area contributed by atoms with Crippen LogP contribution in [-0.4, -0.2) is 62.8 Å². The molecule has 1 amide bonds. The van der Waals surface area contributed by atoms with Crippen molar-refractivity contribution in [2.45, 2.75) is 26.3 Å². The molecule has 0 N–H and O–H groups in total. The predicted molar refractivity (Wildman–Crippen MR) is 92.3 cm³/mol. The summed E-state index contributed by atoms with van der Waals surface area (Å²) in [5, 5.41) is 0. The third-order valence-corrected chi connectivity index (χ3v) is 4.40. The fourth-order valence-corrected chi connectivity index (χ4v) is 2.65. The van der Waals surface area contributed by atoms with Crippen molar-refractivity contribution in [1.82, 2.24) is 4.90 Å². The molecular formula is C18H26N2O4. The number of rotatable bonds is 6. The highest BCUT2D eigenvalue weighted by atomic mass is 16.5. The SMILES string of the molecule is CC[C@@H](C)N(CC(=O)OC)C(=O)c1ccc(N2CCOCC2)cc1. The maximum Gasteiger partial charge on any atom is 0.325 e. The summed E-state index contributed by atoms with van der Waals surface area (Å²) in [7, 11) is 1.33. The van der Waals surface area contributed by atoms with E-state index >= 15 is 0 Å². The van der Waals surface area contributed by atoms with Crippen LogP contribution in [0.1, 0.15) is 30.6 Å². The van der Waals surface area contributed by atoms with E-state index in [0.29, 0.717) is 5.56 Å². The first-order valence-corrected chi connectivity index (χ1v) is 8.37. The van der Waals surface area contributed by atoms with E-state index in [2.05, 4.69) is 4.90 Å². The molecule has 0 aromatic heterocycles. The number of methoxy groups -OCH3 is 1. The lowest BCUT2D eigenvalue weighted by Crippen LogP contribution is -2.42. The summed E-state index contributed by atoms with van der Waals surface area (Å²) in [6, 6.07) is 7.51. The van der Waals surface area contributed by atoms with Gasteiger partial charge in [-0.25, -0.2) is 0 Å². The van der Waals surface area contributed by atoms with Crippen LogP contribution in [0.5, 0.6) is 0 Å². The van der Waals surface area contributed by atoms with Crippen LogP contribution < -0.4 is 4.90 Å². The lowest BCUT2D eigenvalue weighted by molar-refractivity contribution is -0.141. The first-order chi connectivity index (χ1) is 11.6. The number of carbonyl (C=O) groups excluding carboxylic acids is 2. The second kappa shape index (κ2) is 8.68. The van der Waals surface area contributed by atoms with Crippen LogP contribution >= 0.6 is 0 Å². The van der Waals surface area contributed by atoms with Crippen LogP contribution in [0.4, 0.5) is 5.69 Å². The molecule has 0 saturated carbocycles. The molecule has 6 nitrogen and oxygen atoms in total. The first kappa shape index (κ1) is 18.3. The van der Waals surface area contributed by atoms with Crippen molar-refractivity contribution in [1.29, 1.82) is 0 Å². The van der Waals surface area contributed by atoms with Gasteiger partial charge in [0.05, 0.1) is 20.3 Å². The Hall–Kier alpha value is -2.08. The van der Waals surface area contributed by atoms with Crippen LogP contribution in [0.25, 0.3) is 0 Å². The molecule has 1 atom stereocenters. The molecule has 1 saturated heterocycles. The Bertz CT molecular complexity index is 553. The minimum Gasteiger partial charge on any atom is -0.468 e. The number of ether oxygens (including phenoxy) is 2. The van der Waals surface area contributed by atoms with Gasteiger partial charge in [0.2, 0.25) is 0 Å². The lowest BCUT2D eigenvalue weighted by Gasteiger charge is -2.30. The van der Waals surface area contributed by atoms with Crippen molar-refractivity contribution in [2.75, 3.05) is 44.9 Å². The standard InChI is InChI=1S/C18H26N2O4/c1-4-14(2)20(13-17(21)23-3)18(22)15-5-7-16(8-6-15)19-9-11-24-12-10-19/h5-8,14H,4,9-13H2,1-3H3/t14-/m1/s1. The van der Waals surface area contributed by atoms with E-state index in [0.717, 1.165) is 38.4 Å². The van der Waals surface area contributed by atoms with E-state index in [-0.39, 0.29) is 18.5 Å². The molecule has 6 heteroatoms. The maximum absolute atomic E-state index is 12.8. The molecule has 0 radical (unpaired) electrons. The Labute approximate surface area is 143 Å². The van der Waals surface area contributed by atoms with Gasteiger partial charge in [-0.3, -0.25) is 9.59 Å². The fraction of sp³-hybridized carbons (Fsp3) is 0.556. The highest BCUT2D eigenvalue weighted by Crippen LogP contribution is 2.18. The average Bonchev–Trinajstić information content (AvgIpc) is 2.65. The number of benzene rings is 1. The van der Waals surface area contributed by atoms with Gasteiger partial charge < -0.3 is 19.3 Å². The van der Waals surface area contributed by atoms with Crippen molar-refractivity contribution in [3.05, 3.63) is 29.8 Å². The van der Waals surface area contributed by atoms with E-state index < -0.39 is 5.97 Å². The second-order valence-electron chi connectivity index (χ2n) is 5.91. The molecule has 2 rings (SSSR count). The van der Waals surface area contributed by atoms with Crippen LogP contribution in [0.3, 0.4) is 0 Å². The van der Waals surface area contributed by atoms with Crippen molar-refractivity contribution in [2.24, 2.45) is 0 Å². The largest absolute Gasteiger partial charge is 0.468 e. The number of esters is 1. The summed E-state index contributed by atoms with van der Waals surface area (Å²) >= 11 is 0. The molecule has 1 aromatic carbocycles. The van der Waals surface area contributed by atoms with Gasteiger partial charge in [-0.05, 0) is 37.6 Å². The van der Waals surface area contributed by atoms with Crippen molar-refractivity contribution in [3.8, 4) is 0 Å². The maximum atomic E-state index is 12.8. The number of nitrogens with zero attached hydrogens (tertiary/aromatic N) is 2. The van der Waals surface area contributed by atoms with Gasteiger partial charge in [0.15, 0.2) is 0 Å². The van der Waals surface area contributed by atoms with Crippen molar-refractivity contribution in [3.63, 3.8) is 0 Å². The Morgan fingerprint density at radius 1 is 1.25 bits per heavy atom. The number of morpholine rings is 1. The monoisotopic (exact) mass is 334 g/mol. The molecule has 132 valence electrons.